The largest absolute Gasteiger partial charge is 0.484 e. The minimum Gasteiger partial charge on any atom is -0.484 e. The number of hydrogen-bond acceptors (Lipinski definition) is 4. The smallest absolute Gasteiger partial charge is 0.257 e. The van der Waals surface area contributed by atoms with E-state index in [9.17, 15) is 9.18 Å². The molecule has 2 aromatic carbocycles. The fourth-order valence-corrected chi connectivity index (χ4v) is 2.47. The second kappa shape index (κ2) is 8.93. The Bertz CT molecular complexity index is 876. The number of hydrogen-bond donors (Lipinski definition) is 2. The molecule has 1 aromatic heterocycles. The Labute approximate surface area is 156 Å². The van der Waals surface area contributed by atoms with E-state index in [-0.39, 0.29) is 18.3 Å². The molecule has 0 saturated heterocycles. The highest BCUT2D eigenvalue weighted by Gasteiger charge is 2.07. The van der Waals surface area contributed by atoms with E-state index in [1.165, 1.54) is 29.8 Å². The SMILES string of the molecule is Cc1ccc(Cc2nc(CCNC(=O)COc3ccc(F)cc3)n[nH]2)cc1. The van der Waals surface area contributed by atoms with Gasteiger partial charge in [-0.1, -0.05) is 29.8 Å². The lowest BCUT2D eigenvalue weighted by molar-refractivity contribution is -0.123. The minimum absolute atomic E-state index is 0.127. The molecular weight excluding hydrogens is 347 g/mol. The number of H-pyrrole nitrogens is 1. The van der Waals surface area contributed by atoms with E-state index in [0.717, 1.165) is 11.4 Å². The Morgan fingerprint density at radius 2 is 1.89 bits per heavy atom. The van der Waals surface area contributed by atoms with Crippen LogP contribution in [-0.4, -0.2) is 34.2 Å². The number of rotatable bonds is 8. The van der Waals surface area contributed by atoms with E-state index >= 15 is 0 Å². The molecule has 7 heteroatoms. The third-order valence-corrected chi connectivity index (χ3v) is 3.92. The number of nitrogens with zero attached hydrogens (tertiary/aromatic N) is 2. The molecule has 27 heavy (non-hydrogen) atoms. The van der Waals surface area contributed by atoms with Crippen molar-refractivity contribution in [2.45, 2.75) is 19.8 Å². The molecule has 0 radical (unpaired) electrons. The number of nitrogens with one attached hydrogen (secondary N) is 2. The highest BCUT2D eigenvalue weighted by atomic mass is 19.1. The summed E-state index contributed by atoms with van der Waals surface area (Å²) in [6, 6.07) is 13.8. The second-order valence-corrected chi connectivity index (χ2v) is 6.20. The van der Waals surface area contributed by atoms with Crippen LogP contribution in [0.4, 0.5) is 4.39 Å². The van der Waals surface area contributed by atoms with Crippen molar-refractivity contribution in [3.63, 3.8) is 0 Å². The van der Waals surface area contributed by atoms with E-state index in [1.807, 2.05) is 0 Å². The van der Waals surface area contributed by atoms with Gasteiger partial charge in [-0.05, 0) is 36.8 Å². The molecule has 0 spiro atoms. The van der Waals surface area contributed by atoms with Crippen LogP contribution in [0.5, 0.6) is 5.75 Å². The first-order valence-electron chi connectivity index (χ1n) is 8.69. The molecule has 0 saturated carbocycles. The van der Waals surface area contributed by atoms with Crippen molar-refractivity contribution >= 4 is 5.91 Å². The van der Waals surface area contributed by atoms with Gasteiger partial charge in [0.25, 0.3) is 5.91 Å². The Morgan fingerprint density at radius 3 is 2.63 bits per heavy atom. The predicted molar refractivity (Wildman–Crippen MR) is 99.0 cm³/mol. The zero-order valence-corrected chi connectivity index (χ0v) is 15.0. The van der Waals surface area contributed by atoms with E-state index in [2.05, 4.69) is 51.7 Å². The monoisotopic (exact) mass is 368 g/mol. The van der Waals surface area contributed by atoms with Crippen LogP contribution >= 0.6 is 0 Å². The maximum atomic E-state index is 12.8. The van der Waals surface area contributed by atoms with Crippen molar-refractivity contribution in [3.8, 4) is 5.75 Å². The number of benzene rings is 2. The Hall–Kier alpha value is -3.22. The summed E-state index contributed by atoms with van der Waals surface area (Å²) in [5, 5.41) is 9.85. The van der Waals surface area contributed by atoms with Crippen LogP contribution in [0.2, 0.25) is 0 Å². The Kier molecular flexibility index (Phi) is 6.14. The molecular formula is C20H21FN4O2. The van der Waals surface area contributed by atoms with Gasteiger partial charge in [0, 0.05) is 19.4 Å². The molecule has 0 aliphatic carbocycles. The van der Waals surface area contributed by atoms with Crippen molar-refractivity contribution in [2.24, 2.45) is 0 Å². The van der Waals surface area contributed by atoms with Crippen molar-refractivity contribution in [2.75, 3.05) is 13.2 Å². The third kappa shape index (κ3) is 5.91. The average molecular weight is 368 g/mol. The van der Waals surface area contributed by atoms with Gasteiger partial charge in [0.1, 0.15) is 17.4 Å². The number of halogens is 1. The summed E-state index contributed by atoms with van der Waals surface area (Å²) in [6.07, 6.45) is 1.21. The highest BCUT2D eigenvalue weighted by molar-refractivity contribution is 5.77. The highest BCUT2D eigenvalue weighted by Crippen LogP contribution is 2.10. The van der Waals surface area contributed by atoms with Gasteiger partial charge in [-0.15, -0.1) is 0 Å². The van der Waals surface area contributed by atoms with Gasteiger partial charge < -0.3 is 10.1 Å². The summed E-state index contributed by atoms with van der Waals surface area (Å²) < 4.78 is 18.1. The second-order valence-electron chi connectivity index (χ2n) is 6.20. The molecule has 3 aromatic rings. The molecule has 6 nitrogen and oxygen atoms in total. The summed E-state index contributed by atoms with van der Waals surface area (Å²) in [6.45, 7) is 2.33. The lowest BCUT2D eigenvalue weighted by atomic mass is 10.1. The van der Waals surface area contributed by atoms with Gasteiger partial charge in [-0.25, -0.2) is 9.37 Å². The normalized spacial score (nSPS) is 10.6. The van der Waals surface area contributed by atoms with Crippen molar-refractivity contribution in [1.29, 1.82) is 0 Å². The lowest BCUT2D eigenvalue weighted by Gasteiger charge is -2.06. The van der Waals surface area contributed by atoms with Gasteiger partial charge in [0.15, 0.2) is 12.4 Å². The molecule has 0 fully saturated rings. The van der Waals surface area contributed by atoms with E-state index in [4.69, 9.17) is 4.74 Å². The van der Waals surface area contributed by atoms with Crippen LogP contribution in [0.1, 0.15) is 22.8 Å². The number of aryl methyl sites for hydroxylation is 1. The molecule has 0 unspecified atom stereocenters. The maximum Gasteiger partial charge on any atom is 0.257 e. The number of ether oxygens (including phenoxy) is 1. The molecule has 0 atom stereocenters. The minimum atomic E-state index is -0.347. The maximum absolute atomic E-state index is 12.8. The zero-order chi connectivity index (χ0) is 19.1. The molecule has 140 valence electrons. The number of carbonyl (C=O) groups excluding carboxylic acids is 1. The molecule has 0 aliphatic heterocycles. The van der Waals surface area contributed by atoms with Gasteiger partial charge in [-0.2, -0.15) is 5.10 Å². The van der Waals surface area contributed by atoms with E-state index in [1.54, 1.807) is 0 Å². The van der Waals surface area contributed by atoms with Crippen molar-refractivity contribution < 1.29 is 13.9 Å². The first kappa shape index (κ1) is 18.6. The first-order valence-corrected chi connectivity index (χ1v) is 8.69. The molecule has 2 N–H and O–H groups in total. The molecule has 3 rings (SSSR count). The fraction of sp³-hybridized carbons (Fsp3) is 0.250. The molecule has 1 amide bonds. The molecule has 0 aliphatic rings. The van der Waals surface area contributed by atoms with Crippen LogP contribution in [0.25, 0.3) is 0 Å². The summed E-state index contributed by atoms with van der Waals surface area (Å²) in [5.41, 5.74) is 2.38. The number of aromatic nitrogens is 3. The topological polar surface area (TPSA) is 79.9 Å². The quantitative estimate of drug-likeness (QED) is 0.640. The van der Waals surface area contributed by atoms with Crippen LogP contribution in [-0.2, 0) is 17.6 Å². The van der Waals surface area contributed by atoms with Crippen LogP contribution in [0.15, 0.2) is 48.5 Å². The number of carbonyl (C=O) groups is 1. The van der Waals surface area contributed by atoms with Crippen molar-refractivity contribution in [3.05, 3.63) is 77.1 Å². The predicted octanol–water partition coefficient (Wildman–Crippen LogP) is 2.58. The standard InChI is InChI=1S/C20H21FN4O2/c1-14-2-4-15(5-3-14)12-19-23-18(24-25-19)10-11-22-20(26)13-27-17-8-6-16(21)7-9-17/h2-9H,10-13H2,1H3,(H,22,26)(H,23,24,25). The van der Waals surface area contributed by atoms with Gasteiger partial charge in [0.2, 0.25) is 0 Å². The lowest BCUT2D eigenvalue weighted by Crippen LogP contribution is -2.30. The first-order chi connectivity index (χ1) is 13.1. The van der Waals surface area contributed by atoms with Gasteiger partial charge >= 0.3 is 0 Å². The number of amides is 1. The third-order valence-electron chi connectivity index (χ3n) is 3.92. The summed E-state index contributed by atoms with van der Waals surface area (Å²) >= 11 is 0. The Morgan fingerprint density at radius 1 is 1.15 bits per heavy atom. The summed E-state index contributed by atoms with van der Waals surface area (Å²) in [4.78, 5) is 16.2. The number of aromatic amines is 1. The summed E-state index contributed by atoms with van der Waals surface area (Å²) in [5.74, 6) is 1.28. The summed E-state index contributed by atoms with van der Waals surface area (Å²) in [7, 11) is 0. The zero-order valence-electron chi connectivity index (χ0n) is 15.0. The van der Waals surface area contributed by atoms with Crippen LogP contribution in [0.3, 0.4) is 0 Å². The fourth-order valence-electron chi connectivity index (χ4n) is 2.47. The average Bonchev–Trinajstić information content (AvgIpc) is 3.10. The van der Waals surface area contributed by atoms with Gasteiger partial charge in [-0.3, -0.25) is 9.89 Å². The van der Waals surface area contributed by atoms with E-state index in [0.29, 0.717) is 31.0 Å². The van der Waals surface area contributed by atoms with Crippen LogP contribution in [0, 0.1) is 12.7 Å². The van der Waals surface area contributed by atoms with Gasteiger partial charge in [0.05, 0.1) is 0 Å². The molecule has 0 bridgehead atoms. The molecule has 1 heterocycles. The Balaban J connectivity index is 1.38. The van der Waals surface area contributed by atoms with Crippen molar-refractivity contribution in [1.82, 2.24) is 20.5 Å². The van der Waals surface area contributed by atoms with E-state index < -0.39 is 0 Å². The van der Waals surface area contributed by atoms with Crippen LogP contribution < -0.4 is 10.1 Å².